The van der Waals surface area contributed by atoms with E-state index in [0.29, 0.717) is 11.0 Å². The molecule has 0 atom stereocenters. The molecule has 3 nitrogen and oxygen atoms in total. The largest absolute Gasteiger partial charge is 0.303 e. The van der Waals surface area contributed by atoms with Gasteiger partial charge in [-0.1, -0.05) is 17.7 Å². The second-order valence-corrected chi connectivity index (χ2v) is 3.00. The van der Waals surface area contributed by atoms with E-state index in [1.807, 2.05) is 28.8 Å². The summed E-state index contributed by atoms with van der Waals surface area (Å²) < 4.78 is 1.82. The van der Waals surface area contributed by atoms with Crippen molar-refractivity contribution in [1.82, 2.24) is 9.38 Å². The lowest BCUT2D eigenvalue weighted by atomic mass is 10.4. The van der Waals surface area contributed by atoms with Crippen LogP contribution in [0.3, 0.4) is 0 Å². The summed E-state index contributed by atoms with van der Waals surface area (Å²) in [7, 11) is 0. The molecule has 0 unspecified atom stereocenters. The summed E-state index contributed by atoms with van der Waals surface area (Å²) in [6.07, 6.45) is 2.95. The molecule has 2 rings (SSSR count). The molecule has 0 spiro atoms. The minimum atomic E-state index is 0.290. The molecule has 2 aromatic rings. The van der Waals surface area contributed by atoms with E-state index in [0.717, 1.165) is 11.8 Å². The van der Waals surface area contributed by atoms with Crippen LogP contribution < -0.4 is 0 Å². The Morgan fingerprint density at radius 3 is 3.15 bits per heavy atom. The van der Waals surface area contributed by atoms with Crippen LogP contribution in [0.1, 0.15) is 5.82 Å². The van der Waals surface area contributed by atoms with Gasteiger partial charge in [0, 0.05) is 6.20 Å². The van der Waals surface area contributed by atoms with Crippen molar-refractivity contribution in [3.63, 3.8) is 0 Å². The molecule has 66 valence electrons. The lowest BCUT2D eigenvalue weighted by molar-refractivity contribution is -0.107. The van der Waals surface area contributed by atoms with Crippen LogP contribution in [0.2, 0.25) is 5.15 Å². The number of rotatable bonds is 2. The first-order valence-corrected chi connectivity index (χ1v) is 4.26. The Labute approximate surface area is 80.0 Å². The molecule has 2 aromatic heterocycles. The van der Waals surface area contributed by atoms with Crippen LogP contribution in [0.15, 0.2) is 24.4 Å². The molecule has 0 aliphatic carbocycles. The normalized spacial score (nSPS) is 10.5. The van der Waals surface area contributed by atoms with Gasteiger partial charge < -0.3 is 9.20 Å². The number of aromatic nitrogens is 2. The molecule has 0 radical (unpaired) electrons. The highest BCUT2D eigenvalue weighted by Crippen LogP contribution is 2.17. The van der Waals surface area contributed by atoms with E-state index in [-0.39, 0.29) is 6.42 Å². The molecule has 0 aliphatic heterocycles. The zero-order chi connectivity index (χ0) is 9.26. The summed E-state index contributed by atoms with van der Waals surface area (Å²) in [4.78, 5) is 14.4. The van der Waals surface area contributed by atoms with Crippen LogP contribution in [0.5, 0.6) is 0 Å². The maximum atomic E-state index is 10.3. The van der Waals surface area contributed by atoms with Crippen LogP contribution in [-0.2, 0) is 11.2 Å². The number of carbonyl (C=O) groups is 1. The molecular formula is C9H7ClN2O. The van der Waals surface area contributed by atoms with Crippen molar-refractivity contribution < 1.29 is 4.79 Å². The first-order valence-electron chi connectivity index (χ1n) is 3.88. The molecule has 0 aliphatic rings. The fourth-order valence-corrected chi connectivity index (χ4v) is 1.53. The molecule has 0 saturated heterocycles. The summed E-state index contributed by atoms with van der Waals surface area (Å²) in [6, 6.07) is 5.62. The van der Waals surface area contributed by atoms with E-state index in [2.05, 4.69) is 4.98 Å². The number of hydrogen-bond donors (Lipinski definition) is 0. The maximum Gasteiger partial charge on any atom is 0.155 e. The van der Waals surface area contributed by atoms with Crippen LogP contribution in [0, 0.1) is 0 Å². The third-order valence-electron chi connectivity index (χ3n) is 1.84. The van der Waals surface area contributed by atoms with Gasteiger partial charge in [-0.25, -0.2) is 4.98 Å². The van der Waals surface area contributed by atoms with Gasteiger partial charge in [-0.3, -0.25) is 0 Å². The predicted octanol–water partition coefficient (Wildman–Crippen LogP) is 1.73. The number of halogens is 1. The number of imidazole rings is 1. The Bertz CT molecular complexity index is 450. The van der Waals surface area contributed by atoms with Gasteiger partial charge >= 0.3 is 0 Å². The average Bonchev–Trinajstić information content (AvgIpc) is 2.46. The fourth-order valence-electron chi connectivity index (χ4n) is 1.28. The van der Waals surface area contributed by atoms with Gasteiger partial charge in [0.05, 0.1) is 11.9 Å². The molecule has 4 heteroatoms. The number of nitrogens with zero attached hydrogens (tertiary/aromatic N) is 2. The van der Waals surface area contributed by atoms with E-state index in [9.17, 15) is 4.79 Å². The summed E-state index contributed by atoms with van der Waals surface area (Å²) in [5.74, 6) is 0.676. The third-order valence-corrected chi connectivity index (χ3v) is 2.12. The minimum absolute atomic E-state index is 0.290. The molecule has 0 saturated carbocycles. The molecule has 0 aromatic carbocycles. The number of carbonyl (C=O) groups excluding carboxylic acids is 1. The average molecular weight is 195 g/mol. The highest BCUT2D eigenvalue weighted by molar-refractivity contribution is 6.32. The first kappa shape index (κ1) is 8.26. The zero-order valence-electron chi connectivity index (χ0n) is 6.77. The summed E-state index contributed by atoms with van der Waals surface area (Å²) in [5.41, 5.74) is 0.834. The zero-order valence-corrected chi connectivity index (χ0v) is 7.53. The first-order chi connectivity index (χ1) is 6.33. The summed E-state index contributed by atoms with van der Waals surface area (Å²) >= 11 is 5.87. The number of fused-ring (bicyclic) bond motifs is 1. The van der Waals surface area contributed by atoms with E-state index in [1.54, 1.807) is 0 Å². The van der Waals surface area contributed by atoms with E-state index >= 15 is 0 Å². The van der Waals surface area contributed by atoms with Gasteiger partial charge in [0.2, 0.25) is 0 Å². The molecule has 0 fully saturated rings. The molecule has 13 heavy (non-hydrogen) atoms. The molecular weight excluding hydrogens is 188 g/mol. The Kier molecular flexibility index (Phi) is 2.02. The minimum Gasteiger partial charge on any atom is -0.303 e. The van der Waals surface area contributed by atoms with Crippen molar-refractivity contribution in [3.8, 4) is 0 Å². The Morgan fingerprint density at radius 1 is 1.54 bits per heavy atom. The monoisotopic (exact) mass is 194 g/mol. The van der Waals surface area contributed by atoms with Gasteiger partial charge in [0.15, 0.2) is 5.15 Å². The van der Waals surface area contributed by atoms with Crippen LogP contribution in [-0.4, -0.2) is 15.7 Å². The van der Waals surface area contributed by atoms with Crippen LogP contribution in [0.4, 0.5) is 0 Å². The second-order valence-electron chi connectivity index (χ2n) is 2.65. The van der Waals surface area contributed by atoms with Crippen molar-refractivity contribution in [2.75, 3.05) is 0 Å². The van der Waals surface area contributed by atoms with Gasteiger partial charge in [-0.15, -0.1) is 0 Å². The highest BCUT2D eigenvalue weighted by Gasteiger charge is 2.06. The van der Waals surface area contributed by atoms with Gasteiger partial charge in [0.25, 0.3) is 0 Å². The topological polar surface area (TPSA) is 34.4 Å². The number of pyridine rings is 1. The van der Waals surface area contributed by atoms with Crippen LogP contribution >= 0.6 is 11.6 Å². The highest BCUT2D eigenvalue weighted by atomic mass is 35.5. The van der Waals surface area contributed by atoms with E-state index < -0.39 is 0 Å². The fraction of sp³-hybridized carbons (Fsp3) is 0.111. The van der Waals surface area contributed by atoms with Crippen molar-refractivity contribution in [1.29, 1.82) is 0 Å². The number of aldehydes is 1. The lowest BCUT2D eigenvalue weighted by Gasteiger charge is -1.94. The standard InChI is InChI=1S/C9H7ClN2O/c10-9-7-3-1-2-5-12(7)8(11-9)4-6-13/h1-3,5-6H,4H2. The van der Waals surface area contributed by atoms with Crippen molar-refractivity contribution in [3.05, 3.63) is 35.4 Å². The van der Waals surface area contributed by atoms with E-state index in [1.165, 1.54) is 0 Å². The van der Waals surface area contributed by atoms with Gasteiger partial charge in [-0.2, -0.15) is 0 Å². The smallest absolute Gasteiger partial charge is 0.155 e. The molecule has 0 amide bonds. The molecule has 2 heterocycles. The SMILES string of the molecule is O=CCc1nc(Cl)c2ccccn12. The number of hydrogen-bond acceptors (Lipinski definition) is 2. The van der Waals surface area contributed by atoms with Crippen LogP contribution in [0.25, 0.3) is 5.52 Å². The van der Waals surface area contributed by atoms with Gasteiger partial charge in [0.1, 0.15) is 12.1 Å². The van der Waals surface area contributed by atoms with Crippen molar-refractivity contribution in [2.45, 2.75) is 6.42 Å². The third kappa shape index (κ3) is 1.31. The van der Waals surface area contributed by atoms with Crippen molar-refractivity contribution >= 4 is 23.4 Å². The Morgan fingerprint density at radius 2 is 2.38 bits per heavy atom. The Balaban J connectivity index is 2.70. The second kappa shape index (κ2) is 3.18. The maximum absolute atomic E-state index is 10.3. The van der Waals surface area contributed by atoms with E-state index in [4.69, 9.17) is 11.6 Å². The quantitative estimate of drug-likeness (QED) is 0.683. The van der Waals surface area contributed by atoms with Crippen molar-refractivity contribution in [2.24, 2.45) is 0 Å². The summed E-state index contributed by atoms with van der Waals surface area (Å²) in [6.45, 7) is 0. The Hall–Kier alpha value is -1.35. The predicted molar refractivity (Wildman–Crippen MR) is 50.0 cm³/mol. The molecule has 0 bridgehead atoms. The lowest BCUT2D eigenvalue weighted by Crippen LogP contribution is -1.94. The molecule has 0 N–H and O–H groups in total. The summed E-state index contributed by atoms with van der Waals surface area (Å²) in [5, 5.41) is 0.442. The van der Waals surface area contributed by atoms with Gasteiger partial charge in [-0.05, 0) is 12.1 Å².